The van der Waals surface area contributed by atoms with Gasteiger partial charge in [0, 0.05) is 18.8 Å². The molecule has 8 heteroatoms. The van der Waals surface area contributed by atoms with E-state index in [4.69, 9.17) is 0 Å². The Hall–Kier alpha value is -3.16. The van der Waals surface area contributed by atoms with Crippen molar-refractivity contribution < 1.29 is 14.7 Å². The Bertz CT molecular complexity index is 884. The standard InChI is InChI=1S/C17H19N3O5/c1-11-3-2-4-12(7-11)8-13(16(23)24)9-18-15(22)10-20-6-5-14(21)19-17(20)25/h2-7,13H,8-10H2,1H3,(H,18,22)(H,23,24)(H,19,21,25). The summed E-state index contributed by atoms with van der Waals surface area (Å²) < 4.78 is 1.03. The quantitative estimate of drug-likeness (QED) is 0.647. The minimum Gasteiger partial charge on any atom is -0.481 e. The summed E-state index contributed by atoms with van der Waals surface area (Å²) in [5, 5.41) is 11.9. The SMILES string of the molecule is Cc1cccc(CC(CNC(=O)Cn2ccc(=O)[nH]c2=O)C(=O)O)c1. The Morgan fingerprint density at radius 1 is 1.28 bits per heavy atom. The molecule has 0 fully saturated rings. The van der Waals surface area contributed by atoms with Crippen LogP contribution in [-0.4, -0.2) is 33.1 Å². The predicted molar refractivity (Wildman–Crippen MR) is 90.3 cm³/mol. The maximum atomic E-state index is 11.9. The summed E-state index contributed by atoms with van der Waals surface area (Å²) >= 11 is 0. The molecule has 2 aromatic rings. The van der Waals surface area contributed by atoms with E-state index in [1.54, 1.807) is 0 Å². The topological polar surface area (TPSA) is 121 Å². The van der Waals surface area contributed by atoms with Crippen LogP contribution in [0.1, 0.15) is 11.1 Å². The van der Waals surface area contributed by atoms with Crippen LogP contribution in [0.5, 0.6) is 0 Å². The van der Waals surface area contributed by atoms with Gasteiger partial charge in [-0.1, -0.05) is 29.8 Å². The number of carboxylic acids is 1. The van der Waals surface area contributed by atoms with Gasteiger partial charge in [0.25, 0.3) is 5.56 Å². The maximum Gasteiger partial charge on any atom is 0.328 e. The fourth-order valence-electron chi connectivity index (χ4n) is 2.39. The van der Waals surface area contributed by atoms with E-state index >= 15 is 0 Å². The average molecular weight is 345 g/mol. The molecule has 0 saturated heterocycles. The molecule has 0 aliphatic carbocycles. The van der Waals surface area contributed by atoms with Gasteiger partial charge >= 0.3 is 11.7 Å². The van der Waals surface area contributed by atoms with E-state index in [2.05, 4.69) is 5.32 Å². The summed E-state index contributed by atoms with van der Waals surface area (Å²) in [4.78, 5) is 47.9. The number of hydrogen-bond donors (Lipinski definition) is 3. The third-order valence-corrected chi connectivity index (χ3v) is 3.67. The number of nitrogens with one attached hydrogen (secondary N) is 2. The second kappa shape index (κ2) is 8.09. The van der Waals surface area contributed by atoms with Gasteiger partial charge in [0.05, 0.1) is 5.92 Å². The van der Waals surface area contributed by atoms with Crippen LogP contribution in [0.4, 0.5) is 0 Å². The highest BCUT2D eigenvalue weighted by atomic mass is 16.4. The number of aliphatic carboxylic acids is 1. The summed E-state index contributed by atoms with van der Waals surface area (Å²) in [5.41, 5.74) is 0.657. The first-order valence-electron chi connectivity index (χ1n) is 7.70. The first-order chi connectivity index (χ1) is 11.8. The molecule has 0 saturated carbocycles. The van der Waals surface area contributed by atoms with Crippen molar-refractivity contribution in [2.45, 2.75) is 19.9 Å². The van der Waals surface area contributed by atoms with E-state index in [9.17, 15) is 24.3 Å². The highest BCUT2D eigenvalue weighted by Gasteiger charge is 2.19. The van der Waals surface area contributed by atoms with E-state index in [-0.39, 0.29) is 19.5 Å². The first-order valence-corrected chi connectivity index (χ1v) is 7.70. The van der Waals surface area contributed by atoms with Crippen molar-refractivity contribution in [2.75, 3.05) is 6.54 Å². The Morgan fingerprint density at radius 3 is 2.68 bits per heavy atom. The zero-order valence-electron chi connectivity index (χ0n) is 13.7. The normalized spacial score (nSPS) is 11.7. The number of aromatic nitrogens is 2. The van der Waals surface area contributed by atoms with E-state index in [1.165, 1.54) is 6.20 Å². The fraction of sp³-hybridized carbons (Fsp3) is 0.294. The molecular formula is C17H19N3O5. The number of carboxylic acid groups (broad SMARTS) is 1. The summed E-state index contributed by atoms with van der Waals surface area (Å²) in [5.74, 6) is -2.30. The van der Waals surface area contributed by atoms with E-state index in [1.807, 2.05) is 36.2 Å². The van der Waals surface area contributed by atoms with Crippen molar-refractivity contribution in [3.05, 3.63) is 68.5 Å². The predicted octanol–water partition coefficient (Wildman–Crippen LogP) is -0.0953. The van der Waals surface area contributed by atoms with Gasteiger partial charge in [-0.3, -0.25) is 23.9 Å². The lowest BCUT2D eigenvalue weighted by Gasteiger charge is -2.14. The van der Waals surface area contributed by atoms with Crippen molar-refractivity contribution in [2.24, 2.45) is 5.92 Å². The van der Waals surface area contributed by atoms with Gasteiger partial charge in [-0.15, -0.1) is 0 Å². The van der Waals surface area contributed by atoms with Gasteiger partial charge in [-0.2, -0.15) is 0 Å². The molecule has 0 spiro atoms. The number of carbonyl (C=O) groups is 2. The highest BCUT2D eigenvalue weighted by molar-refractivity contribution is 5.77. The number of rotatable bonds is 7. The Balaban J connectivity index is 1.96. The lowest BCUT2D eigenvalue weighted by Crippen LogP contribution is -2.39. The molecule has 1 atom stereocenters. The molecule has 0 aliphatic rings. The van der Waals surface area contributed by atoms with Gasteiger partial charge in [-0.05, 0) is 18.9 Å². The van der Waals surface area contributed by atoms with Crippen molar-refractivity contribution in [3.63, 3.8) is 0 Å². The van der Waals surface area contributed by atoms with Gasteiger partial charge in [0.2, 0.25) is 5.91 Å². The Labute approximate surface area is 143 Å². The molecule has 0 bridgehead atoms. The zero-order chi connectivity index (χ0) is 18.4. The molecule has 2 rings (SSSR count). The molecule has 0 radical (unpaired) electrons. The third-order valence-electron chi connectivity index (χ3n) is 3.67. The zero-order valence-corrected chi connectivity index (χ0v) is 13.7. The Kier molecular flexibility index (Phi) is 5.89. The summed E-state index contributed by atoms with van der Waals surface area (Å²) in [6.45, 7) is 1.57. The summed E-state index contributed by atoms with van der Waals surface area (Å²) in [6.07, 6.45) is 1.50. The van der Waals surface area contributed by atoms with Gasteiger partial charge in [0.15, 0.2) is 0 Å². The molecular weight excluding hydrogens is 326 g/mol. The summed E-state index contributed by atoms with van der Waals surface area (Å²) in [6, 6.07) is 8.64. The van der Waals surface area contributed by atoms with Crippen molar-refractivity contribution >= 4 is 11.9 Å². The monoisotopic (exact) mass is 345 g/mol. The van der Waals surface area contributed by atoms with Crippen LogP contribution in [0, 0.1) is 12.8 Å². The molecule has 1 amide bonds. The fourth-order valence-corrected chi connectivity index (χ4v) is 2.39. The van der Waals surface area contributed by atoms with Crippen molar-refractivity contribution in [1.82, 2.24) is 14.9 Å². The van der Waals surface area contributed by atoms with Crippen molar-refractivity contribution in [3.8, 4) is 0 Å². The van der Waals surface area contributed by atoms with E-state index in [0.717, 1.165) is 21.8 Å². The Morgan fingerprint density at radius 2 is 2.04 bits per heavy atom. The molecule has 1 aromatic carbocycles. The minimum atomic E-state index is -1.01. The van der Waals surface area contributed by atoms with Crippen LogP contribution in [-0.2, 0) is 22.6 Å². The number of hydrogen-bond acceptors (Lipinski definition) is 4. The molecule has 8 nitrogen and oxygen atoms in total. The van der Waals surface area contributed by atoms with Crippen LogP contribution in [0.15, 0.2) is 46.1 Å². The molecule has 3 N–H and O–H groups in total. The van der Waals surface area contributed by atoms with Crippen LogP contribution in [0.3, 0.4) is 0 Å². The average Bonchev–Trinajstić information content (AvgIpc) is 2.54. The smallest absolute Gasteiger partial charge is 0.328 e. The second-order valence-corrected chi connectivity index (χ2v) is 5.77. The maximum absolute atomic E-state index is 11.9. The molecule has 1 aromatic heterocycles. The lowest BCUT2D eigenvalue weighted by atomic mass is 9.98. The number of benzene rings is 1. The van der Waals surface area contributed by atoms with E-state index < -0.39 is 29.0 Å². The number of H-pyrrole nitrogens is 1. The number of carbonyl (C=O) groups excluding carboxylic acids is 1. The minimum absolute atomic E-state index is 0.0553. The van der Waals surface area contributed by atoms with Gasteiger partial charge < -0.3 is 10.4 Å². The highest BCUT2D eigenvalue weighted by Crippen LogP contribution is 2.11. The van der Waals surface area contributed by atoms with Crippen LogP contribution in [0.25, 0.3) is 0 Å². The lowest BCUT2D eigenvalue weighted by molar-refractivity contribution is -0.141. The molecule has 132 valence electrons. The largest absolute Gasteiger partial charge is 0.481 e. The first kappa shape index (κ1) is 18.2. The molecule has 1 unspecified atom stereocenters. The third kappa shape index (κ3) is 5.45. The number of aromatic amines is 1. The number of amides is 1. The van der Waals surface area contributed by atoms with E-state index in [0.29, 0.717) is 0 Å². The molecule has 1 heterocycles. The van der Waals surface area contributed by atoms with Crippen LogP contribution < -0.4 is 16.6 Å². The van der Waals surface area contributed by atoms with Gasteiger partial charge in [-0.25, -0.2) is 4.79 Å². The van der Waals surface area contributed by atoms with Crippen LogP contribution >= 0.6 is 0 Å². The second-order valence-electron chi connectivity index (χ2n) is 5.77. The number of nitrogens with zero attached hydrogens (tertiary/aromatic N) is 1. The molecule has 25 heavy (non-hydrogen) atoms. The van der Waals surface area contributed by atoms with Crippen molar-refractivity contribution in [1.29, 1.82) is 0 Å². The summed E-state index contributed by atoms with van der Waals surface area (Å²) in [7, 11) is 0. The number of aryl methyl sites for hydroxylation is 1. The molecule has 0 aliphatic heterocycles. The van der Waals surface area contributed by atoms with Gasteiger partial charge in [0.1, 0.15) is 6.54 Å². The van der Waals surface area contributed by atoms with Crippen LogP contribution in [0.2, 0.25) is 0 Å².